The van der Waals surface area contributed by atoms with E-state index in [2.05, 4.69) is 37.9 Å². The fourth-order valence-corrected chi connectivity index (χ4v) is 2.43. The summed E-state index contributed by atoms with van der Waals surface area (Å²) in [6.45, 7) is 10.2. The normalized spacial score (nSPS) is 12.0. The third-order valence-corrected chi connectivity index (χ3v) is 3.83. The molecule has 1 aromatic heterocycles. The van der Waals surface area contributed by atoms with Crippen LogP contribution < -0.4 is 0 Å². The summed E-state index contributed by atoms with van der Waals surface area (Å²) in [6, 6.07) is 9.09. The third-order valence-electron chi connectivity index (χ3n) is 3.59. The minimum atomic E-state index is -0.0647. The number of aromatic hydroxyl groups is 1. The van der Waals surface area contributed by atoms with Crippen molar-refractivity contribution in [2.75, 3.05) is 0 Å². The molecule has 5 heteroatoms. The van der Waals surface area contributed by atoms with Gasteiger partial charge in [-0.1, -0.05) is 38.4 Å². The van der Waals surface area contributed by atoms with Crippen molar-refractivity contribution in [3.63, 3.8) is 0 Å². The molecule has 0 fully saturated rings. The van der Waals surface area contributed by atoms with E-state index in [0.717, 1.165) is 11.1 Å². The number of halogens is 1. The van der Waals surface area contributed by atoms with Crippen LogP contribution in [0.3, 0.4) is 0 Å². The number of benzene rings is 2. The molecule has 0 bridgehead atoms. The van der Waals surface area contributed by atoms with Crippen LogP contribution in [-0.2, 0) is 5.41 Å². The van der Waals surface area contributed by atoms with E-state index in [9.17, 15) is 5.11 Å². The fraction of sp³-hybridized carbons (Fsp3) is 0.235. The zero-order chi connectivity index (χ0) is 16.1. The lowest BCUT2D eigenvalue weighted by atomic mass is 9.85. The lowest BCUT2D eigenvalue weighted by Crippen LogP contribution is -2.13. The van der Waals surface area contributed by atoms with Crippen molar-refractivity contribution in [3.8, 4) is 11.4 Å². The second-order valence-electron chi connectivity index (χ2n) is 6.38. The van der Waals surface area contributed by atoms with E-state index >= 15 is 0 Å². The zero-order valence-electron chi connectivity index (χ0n) is 12.8. The van der Waals surface area contributed by atoms with Gasteiger partial charge in [0.15, 0.2) is 0 Å². The number of hydrogen-bond acceptors (Lipinski definition) is 3. The minimum Gasteiger partial charge on any atom is -0.505 e. The minimum absolute atomic E-state index is 0.0647. The van der Waals surface area contributed by atoms with Crippen LogP contribution in [-0.4, -0.2) is 20.1 Å². The molecule has 0 aliphatic heterocycles. The highest BCUT2D eigenvalue weighted by atomic mass is 35.5. The number of phenols is 1. The predicted molar refractivity (Wildman–Crippen MR) is 88.7 cm³/mol. The first kappa shape index (κ1) is 14.9. The van der Waals surface area contributed by atoms with Crippen molar-refractivity contribution < 1.29 is 5.11 Å². The number of rotatable bonds is 1. The van der Waals surface area contributed by atoms with Crippen LogP contribution in [0.5, 0.6) is 5.75 Å². The molecule has 0 atom stereocenters. The van der Waals surface area contributed by atoms with Gasteiger partial charge in [0.2, 0.25) is 0 Å². The summed E-state index contributed by atoms with van der Waals surface area (Å²) in [7, 11) is 0. The van der Waals surface area contributed by atoms with Gasteiger partial charge in [-0.15, -0.1) is 15.0 Å². The molecule has 4 nitrogen and oxygen atoms in total. The van der Waals surface area contributed by atoms with Gasteiger partial charge in [-0.2, -0.15) is 0 Å². The van der Waals surface area contributed by atoms with E-state index in [1.165, 1.54) is 4.80 Å². The average Bonchev–Trinajstić information content (AvgIpc) is 2.83. The molecule has 1 radical (unpaired) electrons. The summed E-state index contributed by atoms with van der Waals surface area (Å²) < 4.78 is 0. The van der Waals surface area contributed by atoms with Crippen molar-refractivity contribution in [1.29, 1.82) is 0 Å². The molecule has 113 valence electrons. The van der Waals surface area contributed by atoms with Crippen LogP contribution in [0.4, 0.5) is 0 Å². The van der Waals surface area contributed by atoms with Crippen LogP contribution in [0.25, 0.3) is 16.7 Å². The summed E-state index contributed by atoms with van der Waals surface area (Å²) in [5.41, 5.74) is 3.47. The highest BCUT2D eigenvalue weighted by Gasteiger charge is 2.19. The number of aromatic nitrogens is 3. The first-order valence-corrected chi connectivity index (χ1v) is 7.36. The summed E-state index contributed by atoms with van der Waals surface area (Å²) in [5, 5.41) is 19.7. The first-order chi connectivity index (χ1) is 10.3. The second-order valence-corrected chi connectivity index (χ2v) is 6.81. The van der Waals surface area contributed by atoms with Gasteiger partial charge in [-0.3, -0.25) is 0 Å². The molecule has 3 rings (SSSR count). The van der Waals surface area contributed by atoms with Crippen molar-refractivity contribution >= 4 is 22.6 Å². The Balaban J connectivity index is 2.23. The largest absolute Gasteiger partial charge is 0.505 e. The second kappa shape index (κ2) is 4.99. The van der Waals surface area contributed by atoms with Gasteiger partial charge >= 0.3 is 0 Å². The monoisotopic (exact) mass is 314 g/mol. The van der Waals surface area contributed by atoms with Crippen LogP contribution >= 0.6 is 11.6 Å². The number of fused-ring (bicyclic) bond motifs is 1. The lowest BCUT2D eigenvalue weighted by molar-refractivity contribution is 0.464. The Morgan fingerprint density at radius 1 is 1.09 bits per heavy atom. The molecule has 3 aromatic rings. The van der Waals surface area contributed by atoms with E-state index < -0.39 is 0 Å². The molecule has 0 saturated carbocycles. The Morgan fingerprint density at radius 2 is 1.77 bits per heavy atom. The number of hydrogen-bond donors (Lipinski definition) is 1. The lowest BCUT2D eigenvalue weighted by Gasteiger charge is -2.21. The quantitative estimate of drug-likeness (QED) is 0.730. The van der Waals surface area contributed by atoms with Crippen LogP contribution in [0.2, 0.25) is 5.02 Å². The Labute approximate surface area is 134 Å². The maximum absolute atomic E-state index is 10.3. The first-order valence-electron chi connectivity index (χ1n) is 6.98. The maximum Gasteiger partial charge on any atom is 0.146 e. The Morgan fingerprint density at radius 3 is 2.45 bits per heavy atom. The van der Waals surface area contributed by atoms with Gasteiger partial charge in [0.05, 0.1) is 0 Å². The van der Waals surface area contributed by atoms with Gasteiger partial charge < -0.3 is 5.11 Å². The van der Waals surface area contributed by atoms with Crippen molar-refractivity contribution in [2.45, 2.75) is 26.2 Å². The van der Waals surface area contributed by atoms with E-state index in [-0.39, 0.29) is 11.2 Å². The van der Waals surface area contributed by atoms with Crippen molar-refractivity contribution in [3.05, 3.63) is 53.4 Å². The van der Waals surface area contributed by atoms with Crippen LogP contribution in [0.1, 0.15) is 31.9 Å². The summed E-state index contributed by atoms with van der Waals surface area (Å²) in [6.07, 6.45) is 0. The van der Waals surface area contributed by atoms with E-state index in [1.54, 1.807) is 18.2 Å². The summed E-state index contributed by atoms with van der Waals surface area (Å²) in [4.78, 5) is 1.43. The average molecular weight is 315 g/mol. The van der Waals surface area contributed by atoms with Gasteiger partial charge in [0.25, 0.3) is 0 Å². The molecule has 0 aliphatic carbocycles. The molecule has 0 spiro atoms. The third kappa shape index (κ3) is 2.55. The van der Waals surface area contributed by atoms with Gasteiger partial charge in [-0.25, -0.2) is 0 Å². The smallest absolute Gasteiger partial charge is 0.146 e. The van der Waals surface area contributed by atoms with Crippen LogP contribution in [0.15, 0.2) is 30.3 Å². The van der Waals surface area contributed by atoms with Gasteiger partial charge in [-0.05, 0) is 47.7 Å². The molecule has 1 N–H and O–H groups in total. The molecular formula is C17H17ClN3O. The molecule has 22 heavy (non-hydrogen) atoms. The number of phenolic OH excluding ortho intramolecular Hbond substituents is 1. The molecule has 0 saturated heterocycles. The topological polar surface area (TPSA) is 50.9 Å². The fourth-order valence-electron chi connectivity index (χ4n) is 2.26. The van der Waals surface area contributed by atoms with Gasteiger partial charge in [0, 0.05) is 5.02 Å². The summed E-state index contributed by atoms with van der Waals surface area (Å²) >= 11 is 5.98. The molecule has 0 amide bonds. The van der Waals surface area contributed by atoms with Crippen LogP contribution in [0, 0.1) is 6.92 Å². The highest BCUT2D eigenvalue weighted by Crippen LogP contribution is 2.32. The Bertz CT molecular complexity index is 862. The van der Waals surface area contributed by atoms with Crippen molar-refractivity contribution in [2.24, 2.45) is 0 Å². The zero-order valence-corrected chi connectivity index (χ0v) is 13.5. The molecule has 0 aliphatic rings. The predicted octanol–water partition coefficient (Wildman–Crippen LogP) is 4.26. The van der Waals surface area contributed by atoms with Crippen molar-refractivity contribution in [1.82, 2.24) is 15.0 Å². The maximum atomic E-state index is 10.3. The van der Waals surface area contributed by atoms with E-state index in [0.29, 0.717) is 21.8 Å². The van der Waals surface area contributed by atoms with Gasteiger partial charge in [0.1, 0.15) is 22.5 Å². The highest BCUT2D eigenvalue weighted by molar-refractivity contribution is 6.31. The standard InChI is InChI=1S/C17H17ClN3O/c1-10-7-11(17(2,3)4)8-15(16(10)22)21-19-13-6-5-12(18)9-14(13)20-21/h5-9,22H,1H2,2-4H3. The summed E-state index contributed by atoms with van der Waals surface area (Å²) in [5.74, 6) is 0.0828. The Kier molecular flexibility index (Phi) is 3.37. The molecule has 0 unspecified atom stereocenters. The number of nitrogens with zero attached hydrogens (tertiary/aromatic N) is 3. The molecular weight excluding hydrogens is 298 g/mol. The van der Waals surface area contributed by atoms with E-state index in [4.69, 9.17) is 11.6 Å². The van der Waals surface area contributed by atoms with E-state index in [1.807, 2.05) is 12.1 Å². The molecule has 1 heterocycles. The SMILES string of the molecule is [CH2]c1cc(C(C)(C)C)cc(-n2nc3ccc(Cl)cc3n2)c1O. The molecule has 2 aromatic carbocycles. The Hall–Kier alpha value is -2.07.